The van der Waals surface area contributed by atoms with Crippen LogP contribution in [0.25, 0.3) is 17.0 Å². The van der Waals surface area contributed by atoms with Crippen molar-refractivity contribution >= 4 is 21.7 Å². The van der Waals surface area contributed by atoms with Crippen LogP contribution in [-0.4, -0.2) is 26.6 Å². The lowest BCUT2D eigenvalue weighted by molar-refractivity contribution is -0.0798. The number of halogens is 3. The molecule has 0 aliphatic heterocycles. The molecule has 1 atom stereocenters. The number of aromatic nitrogens is 3. The molecule has 2 heterocycles. The van der Waals surface area contributed by atoms with Gasteiger partial charge in [0.2, 0.25) is 11.7 Å². The highest BCUT2D eigenvalue weighted by molar-refractivity contribution is 9.10. The largest absolute Gasteiger partial charge is 0.363 e. The monoisotopic (exact) mass is 409 g/mol. The van der Waals surface area contributed by atoms with E-state index in [4.69, 9.17) is 4.74 Å². The third-order valence-corrected chi connectivity index (χ3v) is 4.74. The summed E-state index contributed by atoms with van der Waals surface area (Å²) in [5.41, 5.74) is 0.861. The van der Waals surface area contributed by atoms with Crippen molar-refractivity contribution in [1.29, 1.82) is 0 Å². The minimum absolute atomic E-state index is 0.0572. The molecule has 1 aliphatic carbocycles. The zero-order valence-electron chi connectivity index (χ0n) is 13.2. The minimum Gasteiger partial charge on any atom is -0.363 e. The normalized spacial score (nSPS) is 15.7. The third kappa shape index (κ3) is 2.84. The van der Waals surface area contributed by atoms with Crippen molar-refractivity contribution < 1.29 is 18.6 Å². The molecular weight excluding hydrogens is 396 g/mol. The van der Waals surface area contributed by atoms with E-state index in [2.05, 4.69) is 25.9 Å². The van der Waals surface area contributed by atoms with Gasteiger partial charge < -0.3 is 9.84 Å². The van der Waals surface area contributed by atoms with E-state index < -0.39 is 18.1 Å². The van der Waals surface area contributed by atoms with Gasteiger partial charge in [-0.3, -0.25) is 4.40 Å². The van der Waals surface area contributed by atoms with Crippen LogP contribution in [0, 0.1) is 11.8 Å². The van der Waals surface area contributed by atoms with Crippen LogP contribution in [0.15, 0.2) is 28.7 Å². The van der Waals surface area contributed by atoms with E-state index in [0.29, 0.717) is 10.2 Å². The van der Waals surface area contributed by atoms with Gasteiger partial charge in [0, 0.05) is 22.8 Å². The Kier molecular flexibility index (Phi) is 4.05. The number of nitrogens with zero attached hydrogens (tertiary/aromatic N) is 3. The number of benzene rings is 1. The van der Waals surface area contributed by atoms with Crippen molar-refractivity contribution in [2.24, 2.45) is 0 Å². The molecule has 2 aromatic heterocycles. The lowest BCUT2D eigenvalue weighted by atomic mass is 10.1. The molecule has 0 amide bonds. The smallest absolute Gasteiger partial charge is 0.237 e. The molecule has 1 unspecified atom stereocenters. The van der Waals surface area contributed by atoms with Crippen LogP contribution >= 0.6 is 15.9 Å². The SMILES string of the molecule is COC(O)c1cc(C2CC2)n2c(F)c(-c3ccc(Br)cc3F)nc2n1. The summed E-state index contributed by atoms with van der Waals surface area (Å²) in [5, 5.41) is 9.90. The molecule has 8 heteroatoms. The van der Waals surface area contributed by atoms with Crippen LogP contribution in [0.1, 0.15) is 36.4 Å². The van der Waals surface area contributed by atoms with Crippen molar-refractivity contribution in [3.63, 3.8) is 0 Å². The van der Waals surface area contributed by atoms with Gasteiger partial charge in [-0.15, -0.1) is 0 Å². The summed E-state index contributed by atoms with van der Waals surface area (Å²) in [4.78, 5) is 8.35. The van der Waals surface area contributed by atoms with Gasteiger partial charge in [-0.1, -0.05) is 15.9 Å². The molecule has 1 aliphatic rings. The molecule has 25 heavy (non-hydrogen) atoms. The molecule has 1 saturated carbocycles. The predicted octanol–water partition coefficient (Wildman–Crippen LogP) is 3.95. The molecule has 0 radical (unpaired) electrons. The van der Waals surface area contributed by atoms with Gasteiger partial charge in [-0.2, -0.15) is 4.39 Å². The first-order valence-corrected chi connectivity index (χ1v) is 8.54. The van der Waals surface area contributed by atoms with E-state index in [1.807, 2.05) is 0 Å². The van der Waals surface area contributed by atoms with Gasteiger partial charge >= 0.3 is 0 Å². The number of hydrogen-bond donors (Lipinski definition) is 1. The van der Waals surface area contributed by atoms with Crippen LogP contribution in [0.2, 0.25) is 0 Å². The van der Waals surface area contributed by atoms with Gasteiger partial charge in [-0.05, 0) is 43.0 Å². The number of aliphatic hydroxyl groups is 1. The number of ether oxygens (including phenoxy) is 1. The van der Waals surface area contributed by atoms with E-state index >= 15 is 4.39 Å². The zero-order chi connectivity index (χ0) is 17.7. The quantitative estimate of drug-likeness (QED) is 0.662. The summed E-state index contributed by atoms with van der Waals surface area (Å²) >= 11 is 3.18. The third-order valence-electron chi connectivity index (χ3n) is 4.24. The Labute approximate surface area is 150 Å². The average molecular weight is 410 g/mol. The van der Waals surface area contributed by atoms with Gasteiger partial charge in [0.25, 0.3) is 0 Å². The summed E-state index contributed by atoms with van der Waals surface area (Å²) < 4.78 is 36.0. The maximum Gasteiger partial charge on any atom is 0.237 e. The van der Waals surface area contributed by atoms with Crippen LogP contribution < -0.4 is 0 Å². The Balaban J connectivity index is 1.96. The fraction of sp³-hybridized carbons (Fsp3) is 0.294. The minimum atomic E-state index is -1.23. The fourth-order valence-electron chi connectivity index (χ4n) is 2.84. The Bertz CT molecular complexity index is 972. The summed E-state index contributed by atoms with van der Waals surface area (Å²) in [6, 6.07) is 5.96. The lowest BCUT2D eigenvalue weighted by Gasteiger charge is -2.11. The number of methoxy groups -OCH3 is 1. The second-order valence-corrected chi connectivity index (χ2v) is 6.89. The van der Waals surface area contributed by atoms with Crippen LogP contribution in [0.4, 0.5) is 8.78 Å². The summed E-state index contributed by atoms with van der Waals surface area (Å²) in [5.74, 6) is -1.00. The maximum absolute atomic E-state index is 15.0. The summed E-state index contributed by atoms with van der Waals surface area (Å²) in [7, 11) is 1.35. The Morgan fingerprint density at radius 2 is 2.04 bits per heavy atom. The number of fused-ring (bicyclic) bond motifs is 1. The maximum atomic E-state index is 15.0. The molecule has 5 nitrogen and oxygen atoms in total. The Morgan fingerprint density at radius 1 is 1.28 bits per heavy atom. The fourth-order valence-corrected chi connectivity index (χ4v) is 3.17. The zero-order valence-corrected chi connectivity index (χ0v) is 14.8. The molecule has 130 valence electrons. The van der Waals surface area contributed by atoms with Gasteiger partial charge in [0.05, 0.1) is 0 Å². The predicted molar refractivity (Wildman–Crippen MR) is 90.0 cm³/mol. The number of rotatable bonds is 4. The molecule has 3 aromatic rings. The van der Waals surface area contributed by atoms with Crippen molar-refractivity contribution in [2.75, 3.05) is 7.11 Å². The summed E-state index contributed by atoms with van der Waals surface area (Å²) in [6.07, 6.45) is 0.609. The van der Waals surface area contributed by atoms with E-state index in [9.17, 15) is 9.50 Å². The van der Waals surface area contributed by atoms with E-state index in [1.165, 1.54) is 23.6 Å². The topological polar surface area (TPSA) is 59.7 Å². The van der Waals surface area contributed by atoms with Gasteiger partial charge in [-0.25, -0.2) is 14.4 Å². The molecule has 0 saturated heterocycles. The Hall–Kier alpha value is -1.90. The molecule has 1 aromatic carbocycles. The van der Waals surface area contributed by atoms with Crippen molar-refractivity contribution in [3.05, 3.63) is 51.9 Å². The highest BCUT2D eigenvalue weighted by atomic mass is 79.9. The van der Waals surface area contributed by atoms with Crippen LogP contribution in [0.3, 0.4) is 0 Å². The van der Waals surface area contributed by atoms with Crippen molar-refractivity contribution in [2.45, 2.75) is 25.0 Å². The molecule has 0 spiro atoms. The summed E-state index contributed by atoms with van der Waals surface area (Å²) in [6.45, 7) is 0. The molecule has 4 rings (SSSR count). The first-order valence-electron chi connectivity index (χ1n) is 7.74. The standard InChI is InChI=1S/C17H14BrF2N3O2/c1-25-16(24)12-7-13(8-2-3-8)23-15(20)14(22-17(23)21-12)10-5-4-9(18)6-11(10)19/h4-8,16,24H,2-3H2,1H3. The first-order chi connectivity index (χ1) is 12.0. The number of imidazole rings is 1. The second-order valence-electron chi connectivity index (χ2n) is 5.98. The van der Waals surface area contributed by atoms with Gasteiger partial charge in [0.15, 0.2) is 6.29 Å². The average Bonchev–Trinajstić information content (AvgIpc) is 3.38. The van der Waals surface area contributed by atoms with E-state index in [-0.39, 0.29) is 28.6 Å². The van der Waals surface area contributed by atoms with Crippen LogP contribution in [-0.2, 0) is 4.74 Å². The molecule has 0 bridgehead atoms. The Morgan fingerprint density at radius 3 is 2.68 bits per heavy atom. The van der Waals surface area contributed by atoms with Crippen molar-refractivity contribution in [3.8, 4) is 11.3 Å². The van der Waals surface area contributed by atoms with E-state index in [1.54, 1.807) is 12.1 Å². The number of hydrogen-bond acceptors (Lipinski definition) is 4. The number of aliphatic hydroxyl groups excluding tert-OH is 1. The molecule has 1 fully saturated rings. The first kappa shape index (κ1) is 16.6. The van der Waals surface area contributed by atoms with Crippen LogP contribution in [0.5, 0.6) is 0 Å². The second kappa shape index (κ2) is 6.12. The highest BCUT2D eigenvalue weighted by Gasteiger charge is 2.31. The van der Waals surface area contributed by atoms with Gasteiger partial charge in [0.1, 0.15) is 17.2 Å². The lowest BCUT2D eigenvalue weighted by Crippen LogP contribution is -2.08. The molecular formula is C17H14BrF2N3O2. The van der Waals surface area contributed by atoms with Crippen molar-refractivity contribution in [1.82, 2.24) is 14.4 Å². The van der Waals surface area contributed by atoms with E-state index in [0.717, 1.165) is 12.8 Å². The molecule has 1 N–H and O–H groups in total. The highest BCUT2D eigenvalue weighted by Crippen LogP contribution is 2.41.